The summed E-state index contributed by atoms with van der Waals surface area (Å²) in [6.07, 6.45) is 10.2. The summed E-state index contributed by atoms with van der Waals surface area (Å²) in [4.78, 5) is 68.1. The highest BCUT2D eigenvalue weighted by Crippen LogP contribution is 2.43. The molecule has 11 nitrogen and oxygen atoms in total. The highest BCUT2D eigenvalue weighted by Gasteiger charge is 2.49. The summed E-state index contributed by atoms with van der Waals surface area (Å²) in [5, 5.41) is 0. The van der Waals surface area contributed by atoms with E-state index >= 15 is 0 Å². The van der Waals surface area contributed by atoms with Crippen LogP contribution < -0.4 is 0 Å². The third kappa shape index (κ3) is 12.3. The van der Waals surface area contributed by atoms with Crippen LogP contribution in [0.15, 0.2) is 9.98 Å². The number of urea groups is 1. The SMILES string of the molecule is CCCC/C1=N/CN(C(=O)N2CCCC2)CCCCC(=O)N1C(C)C.CCCCC1=NCCN(C(=O)C2CC(F)(F)C2)CCCC(=O)N1C. The van der Waals surface area contributed by atoms with Gasteiger partial charge < -0.3 is 19.6 Å². The maximum absolute atomic E-state index is 13.0. The average Bonchev–Trinajstić information content (AvgIpc) is 3.60. The molecule has 3 aliphatic heterocycles. The van der Waals surface area contributed by atoms with Crippen molar-refractivity contribution < 1.29 is 28.0 Å². The third-order valence-corrected chi connectivity index (χ3v) is 9.71. The summed E-state index contributed by atoms with van der Waals surface area (Å²) in [5.41, 5.74) is 0. The summed E-state index contributed by atoms with van der Waals surface area (Å²) in [6, 6.07) is 0.212. The van der Waals surface area contributed by atoms with Gasteiger partial charge in [0, 0.05) is 90.3 Å². The predicted molar refractivity (Wildman–Crippen MR) is 189 cm³/mol. The van der Waals surface area contributed by atoms with Gasteiger partial charge in [-0.05, 0) is 58.8 Å². The molecule has 4 aliphatic rings. The van der Waals surface area contributed by atoms with Gasteiger partial charge in [-0.2, -0.15) is 0 Å². The van der Waals surface area contributed by atoms with Crippen LogP contribution in [0.5, 0.6) is 0 Å². The Labute approximate surface area is 292 Å². The van der Waals surface area contributed by atoms with Gasteiger partial charge in [-0.3, -0.25) is 29.3 Å². The monoisotopic (exact) mass is 693 g/mol. The highest BCUT2D eigenvalue weighted by atomic mass is 19.3. The van der Waals surface area contributed by atoms with Crippen molar-refractivity contribution in [2.75, 3.05) is 53.0 Å². The van der Waals surface area contributed by atoms with Crippen LogP contribution in [0.25, 0.3) is 0 Å². The molecule has 0 bridgehead atoms. The van der Waals surface area contributed by atoms with Crippen molar-refractivity contribution in [3.8, 4) is 0 Å². The number of aliphatic imine (C=N–C) groups is 2. The van der Waals surface area contributed by atoms with Crippen molar-refractivity contribution in [3.05, 3.63) is 0 Å². The lowest BCUT2D eigenvalue weighted by Crippen LogP contribution is -2.48. The van der Waals surface area contributed by atoms with Gasteiger partial charge >= 0.3 is 6.03 Å². The van der Waals surface area contributed by atoms with Crippen LogP contribution in [0.2, 0.25) is 0 Å². The molecule has 0 aromatic rings. The van der Waals surface area contributed by atoms with E-state index in [0.717, 1.165) is 89.0 Å². The van der Waals surface area contributed by atoms with E-state index in [-0.39, 0.29) is 42.6 Å². The quantitative estimate of drug-likeness (QED) is 0.303. The summed E-state index contributed by atoms with van der Waals surface area (Å²) in [6.45, 7) is 12.3. The van der Waals surface area contributed by atoms with E-state index in [0.29, 0.717) is 52.1 Å². The number of halogens is 2. The Morgan fingerprint density at radius 2 is 1.35 bits per heavy atom. The first kappa shape index (κ1) is 40.3. The minimum absolute atomic E-state index is 0.00525. The molecule has 2 fully saturated rings. The van der Waals surface area contributed by atoms with Crippen LogP contribution in [0.4, 0.5) is 13.6 Å². The molecule has 278 valence electrons. The van der Waals surface area contributed by atoms with Crippen molar-refractivity contribution >= 4 is 35.4 Å². The Morgan fingerprint density at radius 1 is 0.776 bits per heavy atom. The Bertz CT molecular complexity index is 1160. The van der Waals surface area contributed by atoms with E-state index < -0.39 is 11.8 Å². The normalized spacial score (nSPS) is 22.6. The van der Waals surface area contributed by atoms with Gasteiger partial charge in [0.15, 0.2) is 0 Å². The number of nitrogens with zero attached hydrogens (tertiary/aromatic N) is 7. The Morgan fingerprint density at radius 3 is 1.96 bits per heavy atom. The average molecular weight is 694 g/mol. The molecule has 1 aliphatic carbocycles. The van der Waals surface area contributed by atoms with Crippen LogP contribution in [0.3, 0.4) is 0 Å². The topological polar surface area (TPSA) is 109 Å². The number of hydrogen-bond donors (Lipinski definition) is 0. The number of carbonyl (C=O) groups is 4. The second kappa shape index (κ2) is 19.9. The lowest BCUT2D eigenvalue weighted by Gasteiger charge is -2.37. The number of carbonyl (C=O) groups excluding carboxylic acids is 4. The Balaban J connectivity index is 0.000000266. The van der Waals surface area contributed by atoms with E-state index in [2.05, 4.69) is 18.8 Å². The number of alkyl halides is 2. The first-order valence-corrected chi connectivity index (χ1v) is 18.7. The second-order valence-electron chi connectivity index (χ2n) is 14.1. The Hall–Kier alpha value is -3.12. The molecule has 5 amide bonds. The van der Waals surface area contributed by atoms with Gasteiger partial charge in [-0.1, -0.05) is 26.7 Å². The minimum Gasteiger partial charge on any atom is -0.341 e. The molecule has 13 heteroatoms. The van der Waals surface area contributed by atoms with E-state index in [9.17, 15) is 28.0 Å². The highest BCUT2D eigenvalue weighted by molar-refractivity contribution is 5.99. The standard InChI is InChI=1S/C19H34N4O2.C17H27F2N3O2/c1-4-5-10-17-20-15-22(19(25)21-12-8-9-13-21)14-7-6-11-18(24)23(17)16(2)3;1-3-4-6-14-20-8-10-22(9-5-7-15(23)21(14)2)16(24)13-11-17(18,19)12-13/h16H,4-15H2,1-3H3;13H,3-12H2,1-2H3/b20-17-;. The third-order valence-electron chi connectivity index (χ3n) is 9.71. The second-order valence-corrected chi connectivity index (χ2v) is 14.1. The molecule has 49 heavy (non-hydrogen) atoms. The minimum atomic E-state index is -2.69. The number of amides is 5. The van der Waals surface area contributed by atoms with Crippen molar-refractivity contribution in [1.82, 2.24) is 24.5 Å². The van der Waals surface area contributed by atoms with Crippen molar-refractivity contribution in [2.45, 2.75) is 136 Å². The zero-order valence-electron chi connectivity index (χ0n) is 30.7. The molecular weight excluding hydrogens is 632 g/mol. The lowest BCUT2D eigenvalue weighted by molar-refractivity contribution is -0.159. The molecule has 1 saturated carbocycles. The fourth-order valence-electron chi connectivity index (χ4n) is 6.69. The number of hydrogen-bond acceptors (Lipinski definition) is 6. The van der Waals surface area contributed by atoms with E-state index in [1.807, 2.05) is 28.5 Å². The van der Waals surface area contributed by atoms with Gasteiger partial charge in [-0.15, -0.1) is 0 Å². The molecule has 0 aromatic carbocycles. The summed E-state index contributed by atoms with van der Waals surface area (Å²) >= 11 is 0. The van der Waals surface area contributed by atoms with E-state index in [1.54, 1.807) is 16.8 Å². The molecular formula is C36H61F2N7O4. The summed E-state index contributed by atoms with van der Waals surface area (Å²) in [5.74, 6) is -1.72. The maximum Gasteiger partial charge on any atom is 0.321 e. The fourth-order valence-corrected chi connectivity index (χ4v) is 6.69. The first-order valence-electron chi connectivity index (χ1n) is 18.7. The molecule has 0 radical (unpaired) electrons. The van der Waals surface area contributed by atoms with Crippen molar-refractivity contribution in [1.29, 1.82) is 0 Å². The molecule has 0 aromatic heterocycles. The van der Waals surface area contributed by atoms with Crippen molar-refractivity contribution in [3.63, 3.8) is 0 Å². The number of likely N-dealkylation sites (tertiary alicyclic amines) is 1. The van der Waals surface area contributed by atoms with Crippen LogP contribution >= 0.6 is 0 Å². The van der Waals surface area contributed by atoms with Crippen molar-refractivity contribution in [2.24, 2.45) is 15.9 Å². The van der Waals surface area contributed by atoms with E-state index in [4.69, 9.17) is 4.99 Å². The van der Waals surface area contributed by atoms with Gasteiger partial charge in [0.05, 0.1) is 6.54 Å². The van der Waals surface area contributed by atoms with Gasteiger partial charge in [0.2, 0.25) is 23.6 Å². The number of unbranched alkanes of at least 4 members (excludes halogenated alkanes) is 2. The van der Waals surface area contributed by atoms with Crippen LogP contribution in [-0.2, 0) is 14.4 Å². The van der Waals surface area contributed by atoms with E-state index in [1.165, 1.54) is 0 Å². The smallest absolute Gasteiger partial charge is 0.321 e. The molecule has 3 heterocycles. The maximum atomic E-state index is 13.0. The zero-order chi connectivity index (χ0) is 36.0. The van der Waals surface area contributed by atoms with Gasteiger partial charge in [0.1, 0.15) is 18.3 Å². The molecule has 0 unspecified atom stereocenters. The fraction of sp³-hybridized carbons (Fsp3) is 0.833. The lowest BCUT2D eigenvalue weighted by atomic mass is 9.80. The molecule has 0 atom stereocenters. The molecule has 0 spiro atoms. The van der Waals surface area contributed by atoms with Crippen LogP contribution in [0.1, 0.15) is 124 Å². The largest absolute Gasteiger partial charge is 0.341 e. The molecule has 4 rings (SSSR count). The van der Waals surface area contributed by atoms with Gasteiger partial charge in [-0.25, -0.2) is 13.6 Å². The Kier molecular flexibility index (Phi) is 16.4. The molecule has 0 N–H and O–H groups in total. The predicted octanol–water partition coefficient (Wildman–Crippen LogP) is 6.17. The summed E-state index contributed by atoms with van der Waals surface area (Å²) in [7, 11) is 1.75. The zero-order valence-corrected chi connectivity index (χ0v) is 30.7. The van der Waals surface area contributed by atoms with Crippen LogP contribution in [0, 0.1) is 5.92 Å². The number of rotatable bonds is 8. The summed E-state index contributed by atoms with van der Waals surface area (Å²) < 4.78 is 26.0. The molecule has 1 saturated heterocycles. The first-order chi connectivity index (χ1) is 23.4. The number of amidine groups is 2. The van der Waals surface area contributed by atoms with Gasteiger partial charge in [0.25, 0.3) is 0 Å². The van der Waals surface area contributed by atoms with Crippen LogP contribution in [-0.4, -0.2) is 125 Å².